The first kappa shape index (κ1) is 15.6. The Morgan fingerprint density at radius 1 is 1.20 bits per heavy atom. The highest BCUT2D eigenvalue weighted by Crippen LogP contribution is 2.32. The van der Waals surface area contributed by atoms with Crippen LogP contribution < -0.4 is 5.32 Å². The fourth-order valence-corrected chi connectivity index (χ4v) is 3.27. The molecule has 1 aliphatic carbocycles. The van der Waals surface area contributed by atoms with Crippen LogP contribution in [0.5, 0.6) is 0 Å². The molecule has 2 heterocycles. The second-order valence-electron chi connectivity index (χ2n) is 6.58. The molecular formula is C19H19N3O3. The van der Waals surface area contributed by atoms with Gasteiger partial charge in [-0.15, -0.1) is 0 Å². The lowest BCUT2D eigenvalue weighted by atomic mass is 9.89. The first-order valence-electron chi connectivity index (χ1n) is 8.44. The third-order valence-corrected chi connectivity index (χ3v) is 4.65. The molecule has 0 radical (unpaired) electrons. The van der Waals surface area contributed by atoms with Crippen LogP contribution in [0.1, 0.15) is 40.7 Å². The molecule has 0 bridgehead atoms. The number of aryl methyl sites for hydroxylation is 2. The number of aromatic nitrogens is 2. The largest absolute Gasteiger partial charge is 0.355 e. The Labute approximate surface area is 145 Å². The number of rotatable bonds is 3. The number of hydrogen-bond donors (Lipinski definition) is 1. The summed E-state index contributed by atoms with van der Waals surface area (Å²) in [4.78, 5) is 12.9. The van der Waals surface area contributed by atoms with Crippen molar-refractivity contribution < 1.29 is 13.8 Å². The molecule has 0 aliphatic heterocycles. The molecule has 0 fully saturated rings. The molecule has 1 amide bonds. The Morgan fingerprint density at radius 3 is 2.80 bits per heavy atom. The van der Waals surface area contributed by atoms with E-state index in [1.807, 2.05) is 30.3 Å². The van der Waals surface area contributed by atoms with Crippen molar-refractivity contribution in [3.05, 3.63) is 52.8 Å². The molecule has 1 N–H and O–H groups in total. The first-order chi connectivity index (χ1) is 12.1. The van der Waals surface area contributed by atoms with E-state index in [1.165, 1.54) is 0 Å². The molecule has 1 aliphatic rings. The lowest BCUT2D eigenvalue weighted by Gasteiger charge is -2.16. The molecule has 1 atom stereocenters. The van der Waals surface area contributed by atoms with Crippen molar-refractivity contribution in [3.63, 3.8) is 0 Å². The lowest BCUT2D eigenvalue weighted by Crippen LogP contribution is -2.16. The highest BCUT2D eigenvalue weighted by molar-refractivity contribution is 6.08. The number of anilines is 1. The van der Waals surface area contributed by atoms with E-state index < -0.39 is 0 Å². The fraction of sp³-hybridized carbons (Fsp3) is 0.316. The van der Waals surface area contributed by atoms with Gasteiger partial charge in [-0.3, -0.25) is 10.1 Å². The van der Waals surface area contributed by atoms with Crippen molar-refractivity contribution in [2.75, 3.05) is 5.32 Å². The van der Waals surface area contributed by atoms with Crippen molar-refractivity contribution in [3.8, 4) is 11.3 Å². The summed E-state index contributed by atoms with van der Waals surface area (Å²) in [6, 6.07) is 9.46. The minimum Gasteiger partial charge on any atom is -0.355 e. The van der Waals surface area contributed by atoms with Crippen molar-refractivity contribution in [1.29, 1.82) is 0 Å². The maximum absolute atomic E-state index is 12.9. The third kappa shape index (κ3) is 2.84. The van der Waals surface area contributed by atoms with Crippen LogP contribution in [0.3, 0.4) is 0 Å². The van der Waals surface area contributed by atoms with Gasteiger partial charge in [0.25, 0.3) is 5.91 Å². The number of nitrogens with one attached hydrogen (secondary N) is 1. The van der Waals surface area contributed by atoms with Crippen LogP contribution in [-0.4, -0.2) is 16.2 Å². The summed E-state index contributed by atoms with van der Waals surface area (Å²) in [7, 11) is 0. The predicted octanol–water partition coefficient (Wildman–Crippen LogP) is 4.02. The van der Waals surface area contributed by atoms with Crippen LogP contribution in [0.15, 0.2) is 39.4 Å². The maximum Gasteiger partial charge on any atom is 0.263 e. The van der Waals surface area contributed by atoms with E-state index >= 15 is 0 Å². The second-order valence-corrected chi connectivity index (χ2v) is 6.58. The summed E-state index contributed by atoms with van der Waals surface area (Å²) in [5.74, 6) is 1.15. The Morgan fingerprint density at radius 2 is 2.00 bits per heavy atom. The molecule has 0 saturated carbocycles. The highest BCUT2D eigenvalue weighted by Gasteiger charge is 2.27. The SMILES string of the molecule is Cc1noc(-c2ccccc2)c1C(=O)Nc1onc2c1CC(C)CC2. The van der Waals surface area contributed by atoms with E-state index in [-0.39, 0.29) is 5.91 Å². The van der Waals surface area contributed by atoms with E-state index in [0.717, 1.165) is 36.1 Å². The van der Waals surface area contributed by atoms with Crippen molar-refractivity contribution in [2.45, 2.75) is 33.1 Å². The minimum atomic E-state index is -0.297. The van der Waals surface area contributed by atoms with Crippen LogP contribution >= 0.6 is 0 Å². The van der Waals surface area contributed by atoms with Gasteiger partial charge in [-0.05, 0) is 32.1 Å². The molecular weight excluding hydrogens is 318 g/mol. The molecule has 4 rings (SSSR count). The smallest absolute Gasteiger partial charge is 0.263 e. The van der Waals surface area contributed by atoms with Gasteiger partial charge in [-0.25, -0.2) is 0 Å². The van der Waals surface area contributed by atoms with Crippen LogP contribution in [0, 0.1) is 12.8 Å². The van der Waals surface area contributed by atoms with Crippen LogP contribution in [0.2, 0.25) is 0 Å². The van der Waals surface area contributed by atoms with Gasteiger partial charge in [-0.1, -0.05) is 47.6 Å². The maximum atomic E-state index is 12.9. The zero-order chi connectivity index (χ0) is 17.4. The summed E-state index contributed by atoms with van der Waals surface area (Å²) in [5.41, 5.74) is 3.71. The zero-order valence-corrected chi connectivity index (χ0v) is 14.2. The Hall–Kier alpha value is -2.89. The monoisotopic (exact) mass is 337 g/mol. The minimum absolute atomic E-state index is 0.297. The van der Waals surface area contributed by atoms with Crippen molar-refractivity contribution in [2.24, 2.45) is 5.92 Å². The Balaban J connectivity index is 1.65. The molecule has 1 aromatic carbocycles. The van der Waals surface area contributed by atoms with Crippen molar-refractivity contribution >= 4 is 11.8 Å². The molecule has 128 valence electrons. The summed E-state index contributed by atoms with van der Waals surface area (Å²) in [6.45, 7) is 3.95. The molecule has 1 unspecified atom stereocenters. The second kappa shape index (κ2) is 6.20. The molecule has 6 nitrogen and oxygen atoms in total. The third-order valence-electron chi connectivity index (χ3n) is 4.65. The lowest BCUT2D eigenvalue weighted by molar-refractivity contribution is 0.102. The van der Waals surface area contributed by atoms with Gasteiger partial charge >= 0.3 is 0 Å². The van der Waals surface area contributed by atoms with Crippen LogP contribution in [-0.2, 0) is 12.8 Å². The normalized spacial score (nSPS) is 16.5. The predicted molar refractivity (Wildman–Crippen MR) is 92.3 cm³/mol. The Kier molecular flexibility index (Phi) is 3.87. The molecule has 6 heteroatoms. The van der Waals surface area contributed by atoms with Gasteiger partial charge < -0.3 is 9.05 Å². The number of nitrogens with zero attached hydrogens (tertiary/aromatic N) is 2. The number of amides is 1. The standard InChI is InChI=1S/C19H19N3O3/c1-11-8-9-15-14(10-11)19(25-22-15)20-18(23)16-12(2)21-24-17(16)13-6-4-3-5-7-13/h3-7,11H,8-10H2,1-2H3,(H,20,23). The van der Waals surface area contributed by atoms with E-state index in [1.54, 1.807) is 6.92 Å². The number of benzene rings is 1. The van der Waals surface area contributed by atoms with E-state index in [4.69, 9.17) is 9.05 Å². The molecule has 0 saturated heterocycles. The van der Waals surface area contributed by atoms with Gasteiger partial charge in [0.2, 0.25) is 5.88 Å². The number of fused-ring (bicyclic) bond motifs is 1. The Bertz CT molecular complexity index is 911. The summed E-state index contributed by atoms with van der Waals surface area (Å²) >= 11 is 0. The summed E-state index contributed by atoms with van der Waals surface area (Å²) in [5, 5.41) is 10.9. The van der Waals surface area contributed by atoms with E-state index in [2.05, 4.69) is 22.6 Å². The van der Waals surface area contributed by atoms with Crippen molar-refractivity contribution in [1.82, 2.24) is 10.3 Å². The summed E-state index contributed by atoms with van der Waals surface area (Å²) < 4.78 is 10.8. The van der Waals surface area contributed by atoms with Crippen LogP contribution in [0.4, 0.5) is 5.88 Å². The fourth-order valence-electron chi connectivity index (χ4n) is 3.27. The van der Waals surface area contributed by atoms with Gasteiger partial charge in [0.15, 0.2) is 5.76 Å². The molecule has 3 aromatic rings. The van der Waals surface area contributed by atoms with Crippen LogP contribution in [0.25, 0.3) is 11.3 Å². The average Bonchev–Trinajstić information content (AvgIpc) is 3.19. The highest BCUT2D eigenvalue weighted by atomic mass is 16.5. The number of hydrogen-bond acceptors (Lipinski definition) is 5. The van der Waals surface area contributed by atoms with E-state index in [0.29, 0.717) is 28.8 Å². The van der Waals surface area contributed by atoms with E-state index in [9.17, 15) is 4.79 Å². The van der Waals surface area contributed by atoms with Gasteiger partial charge in [-0.2, -0.15) is 0 Å². The average molecular weight is 337 g/mol. The summed E-state index contributed by atoms with van der Waals surface area (Å²) in [6.07, 6.45) is 2.84. The zero-order valence-electron chi connectivity index (χ0n) is 14.2. The quantitative estimate of drug-likeness (QED) is 0.781. The molecule has 2 aromatic heterocycles. The molecule has 0 spiro atoms. The van der Waals surface area contributed by atoms with Gasteiger partial charge in [0.05, 0.1) is 11.4 Å². The number of carbonyl (C=O) groups is 1. The number of carbonyl (C=O) groups excluding carboxylic acids is 1. The topological polar surface area (TPSA) is 81.2 Å². The first-order valence-corrected chi connectivity index (χ1v) is 8.44. The molecule has 25 heavy (non-hydrogen) atoms. The van der Waals surface area contributed by atoms with Gasteiger partial charge in [0.1, 0.15) is 5.56 Å². The van der Waals surface area contributed by atoms with Gasteiger partial charge in [0, 0.05) is 11.1 Å².